The van der Waals surface area contributed by atoms with Crippen molar-refractivity contribution in [3.05, 3.63) is 51.5 Å². The normalized spacial score (nSPS) is 10.7. The number of hydrogen-bond acceptors (Lipinski definition) is 3. The summed E-state index contributed by atoms with van der Waals surface area (Å²) in [6.45, 7) is 3.72. The van der Waals surface area contributed by atoms with E-state index < -0.39 is 0 Å². The maximum atomic E-state index is 9.40. The van der Waals surface area contributed by atoms with Crippen molar-refractivity contribution in [1.82, 2.24) is 4.90 Å². The van der Waals surface area contributed by atoms with Crippen LogP contribution in [0.25, 0.3) is 11.1 Å². The second-order valence-corrected chi connectivity index (χ2v) is 5.99. The molecule has 3 nitrogen and oxygen atoms in total. The third kappa shape index (κ3) is 3.53. The van der Waals surface area contributed by atoms with Gasteiger partial charge >= 0.3 is 0 Å². The average molecular weight is 334 g/mol. The first kappa shape index (κ1) is 16.6. The Morgan fingerprint density at radius 1 is 1.18 bits per heavy atom. The van der Waals surface area contributed by atoms with Gasteiger partial charge in [-0.3, -0.25) is 0 Å². The zero-order valence-electron chi connectivity index (χ0n) is 12.5. The minimum atomic E-state index is 0.479. The number of rotatable bonds is 4. The fraction of sp³-hybridized carbons (Fsp3) is 0.235. The van der Waals surface area contributed by atoms with Crippen molar-refractivity contribution in [3.8, 4) is 17.2 Å². The number of nitriles is 1. The molecule has 0 aliphatic carbocycles. The molecule has 22 heavy (non-hydrogen) atoms. The summed E-state index contributed by atoms with van der Waals surface area (Å²) in [6, 6.07) is 11.3. The van der Waals surface area contributed by atoms with Crippen LogP contribution in [0.15, 0.2) is 30.3 Å². The fourth-order valence-electron chi connectivity index (χ4n) is 2.25. The first-order valence-electron chi connectivity index (χ1n) is 6.92. The van der Waals surface area contributed by atoms with Gasteiger partial charge in [-0.2, -0.15) is 5.26 Å². The lowest BCUT2D eigenvalue weighted by atomic mass is 9.99. The van der Waals surface area contributed by atoms with E-state index in [0.29, 0.717) is 26.9 Å². The van der Waals surface area contributed by atoms with Gasteiger partial charge in [-0.25, -0.2) is 0 Å². The number of hydrogen-bond donors (Lipinski definition) is 1. The Morgan fingerprint density at radius 2 is 1.82 bits per heavy atom. The maximum absolute atomic E-state index is 9.40. The van der Waals surface area contributed by atoms with Crippen molar-refractivity contribution in [2.24, 2.45) is 0 Å². The van der Waals surface area contributed by atoms with Crippen LogP contribution in [0.3, 0.4) is 0 Å². The Morgan fingerprint density at radius 3 is 2.36 bits per heavy atom. The molecule has 2 rings (SSSR count). The molecular formula is C17H17Cl2N3. The molecule has 2 N–H and O–H groups in total. The Bertz CT molecular complexity index is 712. The van der Waals surface area contributed by atoms with Crippen molar-refractivity contribution in [3.63, 3.8) is 0 Å². The standard InChI is InChI=1S/C17H17Cl2N3/c1-3-22(2)10-12-5-4-11(6-13(12)9-20)17-15(18)7-14(21)8-16(17)19/h4-8H,3,10,21H2,1-2H3. The van der Waals surface area contributed by atoms with Crippen molar-refractivity contribution in [1.29, 1.82) is 5.26 Å². The molecule has 0 spiro atoms. The van der Waals surface area contributed by atoms with Gasteiger partial charge < -0.3 is 10.6 Å². The van der Waals surface area contributed by atoms with E-state index in [2.05, 4.69) is 17.9 Å². The number of nitrogens with two attached hydrogens (primary N) is 1. The summed E-state index contributed by atoms with van der Waals surface area (Å²) in [6.07, 6.45) is 0. The molecule has 0 saturated carbocycles. The van der Waals surface area contributed by atoms with Crippen molar-refractivity contribution in [2.45, 2.75) is 13.5 Å². The predicted octanol–water partition coefficient (Wildman–Crippen LogP) is 4.57. The van der Waals surface area contributed by atoms with Crippen LogP contribution in [0.4, 0.5) is 5.69 Å². The molecule has 0 heterocycles. The van der Waals surface area contributed by atoms with Crippen LogP contribution in [0.5, 0.6) is 0 Å². The first-order valence-corrected chi connectivity index (χ1v) is 7.68. The lowest BCUT2D eigenvalue weighted by molar-refractivity contribution is 0.345. The number of benzene rings is 2. The molecule has 0 unspecified atom stereocenters. The second-order valence-electron chi connectivity index (χ2n) is 5.17. The molecule has 2 aromatic carbocycles. The molecule has 0 radical (unpaired) electrons. The number of anilines is 1. The van der Waals surface area contributed by atoms with Crippen LogP contribution in [0, 0.1) is 11.3 Å². The van der Waals surface area contributed by atoms with Gasteiger partial charge in [-0.05, 0) is 42.9 Å². The lowest BCUT2D eigenvalue weighted by Crippen LogP contribution is -2.17. The van der Waals surface area contributed by atoms with E-state index in [1.165, 1.54) is 0 Å². The van der Waals surface area contributed by atoms with Crippen LogP contribution in [-0.4, -0.2) is 18.5 Å². The van der Waals surface area contributed by atoms with E-state index in [1.807, 2.05) is 25.2 Å². The van der Waals surface area contributed by atoms with Crippen LogP contribution >= 0.6 is 23.2 Å². The summed E-state index contributed by atoms with van der Waals surface area (Å²) >= 11 is 12.5. The van der Waals surface area contributed by atoms with E-state index in [9.17, 15) is 5.26 Å². The van der Waals surface area contributed by atoms with Gasteiger partial charge in [-0.1, -0.05) is 42.3 Å². The molecular weight excluding hydrogens is 317 g/mol. The summed E-state index contributed by atoms with van der Waals surface area (Å²) in [5.74, 6) is 0. The lowest BCUT2D eigenvalue weighted by Gasteiger charge is -2.16. The largest absolute Gasteiger partial charge is 0.399 e. The minimum absolute atomic E-state index is 0.479. The SMILES string of the molecule is CCN(C)Cc1ccc(-c2c(Cl)cc(N)cc2Cl)cc1C#N. The third-order valence-electron chi connectivity index (χ3n) is 3.56. The number of halogens is 2. The Kier molecular flexibility index (Phi) is 5.31. The first-order chi connectivity index (χ1) is 10.5. The van der Waals surface area contributed by atoms with Gasteiger partial charge in [0.05, 0.1) is 21.7 Å². The summed E-state index contributed by atoms with van der Waals surface area (Å²) in [5.41, 5.74) is 9.37. The van der Waals surface area contributed by atoms with E-state index >= 15 is 0 Å². The molecule has 0 amide bonds. The van der Waals surface area contributed by atoms with Crippen molar-refractivity contribution < 1.29 is 0 Å². The smallest absolute Gasteiger partial charge is 0.0995 e. The molecule has 0 bridgehead atoms. The fourth-order valence-corrected chi connectivity index (χ4v) is 2.97. The topological polar surface area (TPSA) is 53.0 Å². The minimum Gasteiger partial charge on any atom is -0.399 e. The zero-order valence-corrected chi connectivity index (χ0v) is 14.0. The molecule has 5 heteroatoms. The molecule has 0 aliphatic heterocycles. The van der Waals surface area contributed by atoms with E-state index in [0.717, 1.165) is 24.2 Å². The molecule has 0 atom stereocenters. The highest BCUT2D eigenvalue weighted by Gasteiger charge is 2.13. The van der Waals surface area contributed by atoms with Gasteiger partial charge in [0.2, 0.25) is 0 Å². The molecule has 0 aliphatic rings. The number of nitrogen functional groups attached to an aromatic ring is 1. The van der Waals surface area contributed by atoms with Gasteiger partial charge in [0.1, 0.15) is 0 Å². The highest BCUT2D eigenvalue weighted by molar-refractivity contribution is 6.39. The Balaban J connectivity index is 2.49. The Labute approximate surface area is 140 Å². The summed E-state index contributed by atoms with van der Waals surface area (Å²) in [7, 11) is 2.02. The zero-order chi connectivity index (χ0) is 16.3. The average Bonchev–Trinajstić information content (AvgIpc) is 2.47. The van der Waals surface area contributed by atoms with Crippen LogP contribution in [0.1, 0.15) is 18.1 Å². The van der Waals surface area contributed by atoms with E-state index in [-0.39, 0.29) is 0 Å². The molecule has 0 fully saturated rings. The quantitative estimate of drug-likeness (QED) is 0.834. The van der Waals surface area contributed by atoms with Crippen molar-refractivity contribution >= 4 is 28.9 Å². The summed E-state index contributed by atoms with van der Waals surface area (Å²) in [5, 5.41) is 10.4. The van der Waals surface area contributed by atoms with Gasteiger partial charge in [0.25, 0.3) is 0 Å². The van der Waals surface area contributed by atoms with Gasteiger partial charge in [0.15, 0.2) is 0 Å². The maximum Gasteiger partial charge on any atom is 0.0995 e. The highest BCUT2D eigenvalue weighted by atomic mass is 35.5. The highest BCUT2D eigenvalue weighted by Crippen LogP contribution is 2.37. The molecule has 114 valence electrons. The van der Waals surface area contributed by atoms with Crippen molar-refractivity contribution in [2.75, 3.05) is 19.3 Å². The molecule has 0 aromatic heterocycles. The summed E-state index contributed by atoms with van der Waals surface area (Å²) in [4.78, 5) is 2.14. The molecule has 0 saturated heterocycles. The predicted molar refractivity (Wildman–Crippen MR) is 93.0 cm³/mol. The summed E-state index contributed by atoms with van der Waals surface area (Å²) < 4.78 is 0. The molecule has 2 aromatic rings. The second kappa shape index (κ2) is 7.02. The van der Waals surface area contributed by atoms with Crippen LogP contribution in [0.2, 0.25) is 10.0 Å². The van der Waals surface area contributed by atoms with E-state index in [4.69, 9.17) is 28.9 Å². The van der Waals surface area contributed by atoms with Gasteiger partial charge in [0, 0.05) is 17.8 Å². The monoisotopic (exact) mass is 333 g/mol. The van der Waals surface area contributed by atoms with Crippen LogP contribution in [-0.2, 0) is 6.54 Å². The van der Waals surface area contributed by atoms with Gasteiger partial charge in [-0.15, -0.1) is 0 Å². The number of nitrogens with zero attached hydrogens (tertiary/aromatic N) is 2. The van der Waals surface area contributed by atoms with Crippen LogP contribution < -0.4 is 5.73 Å². The third-order valence-corrected chi connectivity index (χ3v) is 4.16. The Hall–Kier alpha value is -1.73. The van der Waals surface area contributed by atoms with E-state index in [1.54, 1.807) is 12.1 Å².